The quantitative estimate of drug-likeness (QED) is 0.498. The number of thioether (sulfide) groups is 1. The van der Waals surface area contributed by atoms with Crippen LogP contribution in [0.25, 0.3) is 0 Å². The van der Waals surface area contributed by atoms with E-state index in [2.05, 4.69) is 5.32 Å². The standard InChI is InChI=1S/C21H27FN2O4S2/c1-3-28-19-10-6-9-18(14-19)24(30(2,26)27)15-21(25)23-12-7-13-29-16-17-8-4-5-11-20(17)22/h4-6,8-11,14H,3,7,12-13,15-16H2,1-2H3,(H,23,25). The number of halogens is 1. The van der Waals surface area contributed by atoms with Crippen LogP contribution in [0.1, 0.15) is 18.9 Å². The van der Waals surface area contributed by atoms with Gasteiger partial charge in [0.1, 0.15) is 18.1 Å². The second kappa shape index (κ2) is 11.8. The van der Waals surface area contributed by atoms with E-state index in [0.29, 0.717) is 42.3 Å². The molecule has 2 aromatic carbocycles. The number of ether oxygens (including phenoxy) is 1. The van der Waals surface area contributed by atoms with Crippen LogP contribution in [-0.4, -0.2) is 46.0 Å². The average molecular weight is 455 g/mol. The molecular weight excluding hydrogens is 427 g/mol. The van der Waals surface area contributed by atoms with E-state index in [1.54, 1.807) is 54.2 Å². The van der Waals surface area contributed by atoms with Crippen LogP contribution in [0.4, 0.5) is 10.1 Å². The van der Waals surface area contributed by atoms with E-state index in [4.69, 9.17) is 4.74 Å². The molecule has 0 spiro atoms. The molecule has 0 heterocycles. The third kappa shape index (κ3) is 7.87. The normalized spacial score (nSPS) is 11.2. The number of carbonyl (C=O) groups is 1. The largest absolute Gasteiger partial charge is 0.494 e. The van der Waals surface area contributed by atoms with Crippen LogP contribution in [0.2, 0.25) is 0 Å². The Morgan fingerprint density at radius 1 is 1.20 bits per heavy atom. The van der Waals surface area contributed by atoms with Gasteiger partial charge in [0.05, 0.1) is 18.6 Å². The SMILES string of the molecule is CCOc1cccc(N(CC(=O)NCCCSCc2ccccc2F)S(C)(=O)=O)c1. The van der Waals surface area contributed by atoms with Crippen LogP contribution in [-0.2, 0) is 20.6 Å². The highest BCUT2D eigenvalue weighted by Gasteiger charge is 2.21. The maximum atomic E-state index is 13.6. The minimum atomic E-state index is -3.64. The second-order valence-electron chi connectivity index (χ2n) is 6.55. The lowest BCUT2D eigenvalue weighted by Gasteiger charge is -2.22. The molecule has 0 aliphatic heterocycles. The molecule has 0 saturated carbocycles. The minimum Gasteiger partial charge on any atom is -0.494 e. The van der Waals surface area contributed by atoms with Crippen LogP contribution < -0.4 is 14.4 Å². The van der Waals surface area contributed by atoms with Crippen molar-refractivity contribution in [3.8, 4) is 5.75 Å². The predicted octanol–water partition coefficient (Wildman–Crippen LogP) is 3.43. The summed E-state index contributed by atoms with van der Waals surface area (Å²) in [6, 6.07) is 13.3. The first-order valence-electron chi connectivity index (χ1n) is 9.59. The fourth-order valence-electron chi connectivity index (χ4n) is 2.68. The molecule has 2 aromatic rings. The minimum absolute atomic E-state index is 0.215. The summed E-state index contributed by atoms with van der Waals surface area (Å²) in [5.74, 6) is 1.25. The zero-order valence-electron chi connectivity index (χ0n) is 17.1. The van der Waals surface area contributed by atoms with Crippen molar-refractivity contribution in [2.24, 2.45) is 0 Å². The molecule has 1 N–H and O–H groups in total. The van der Waals surface area contributed by atoms with Crippen molar-refractivity contribution < 1.29 is 22.3 Å². The van der Waals surface area contributed by atoms with Crippen LogP contribution in [0, 0.1) is 5.82 Å². The molecule has 30 heavy (non-hydrogen) atoms. The number of sulfonamides is 1. The van der Waals surface area contributed by atoms with Crippen molar-refractivity contribution in [3.05, 3.63) is 59.9 Å². The van der Waals surface area contributed by atoms with Crippen LogP contribution in [0.5, 0.6) is 5.75 Å². The Hall–Kier alpha value is -2.26. The predicted molar refractivity (Wildman–Crippen MR) is 120 cm³/mol. The van der Waals surface area contributed by atoms with E-state index in [1.165, 1.54) is 6.07 Å². The molecule has 9 heteroatoms. The van der Waals surface area contributed by atoms with Crippen LogP contribution >= 0.6 is 11.8 Å². The van der Waals surface area contributed by atoms with Gasteiger partial charge in [-0.2, -0.15) is 11.8 Å². The first-order valence-corrected chi connectivity index (χ1v) is 12.6. The molecule has 0 unspecified atom stereocenters. The van der Waals surface area contributed by atoms with Crippen molar-refractivity contribution in [2.75, 3.05) is 36.0 Å². The Bertz CT molecular complexity index is 938. The number of anilines is 1. The van der Waals surface area contributed by atoms with Crippen LogP contribution in [0.3, 0.4) is 0 Å². The number of nitrogens with zero attached hydrogens (tertiary/aromatic N) is 1. The summed E-state index contributed by atoms with van der Waals surface area (Å²) in [6.45, 7) is 2.40. The van der Waals surface area contributed by atoms with E-state index in [1.807, 2.05) is 6.92 Å². The molecular formula is C21H27FN2O4S2. The lowest BCUT2D eigenvalue weighted by molar-refractivity contribution is -0.119. The molecule has 1 amide bonds. The Morgan fingerprint density at radius 3 is 2.67 bits per heavy atom. The number of benzene rings is 2. The highest BCUT2D eigenvalue weighted by Crippen LogP contribution is 2.23. The van der Waals surface area contributed by atoms with Crippen molar-refractivity contribution in [1.82, 2.24) is 5.32 Å². The zero-order chi connectivity index (χ0) is 22.0. The maximum absolute atomic E-state index is 13.6. The highest BCUT2D eigenvalue weighted by atomic mass is 32.2. The molecule has 0 bridgehead atoms. The molecule has 6 nitrogen and oxygen atoms in total. The summed E-state index contributed by atoms with van der Waals surface area (Å²) >= 11 is 1.58. The highest BCUT2D eigenvalue weighted by molar-refractivity contribution is 7.98. The molecule has 0 aliphatic rings. The van der Waals surface area contributed by atoms with Gasteiger partial charge in [-0.1, -0.05) is 24.3 Å². The van der Waals surface area contributed by atoms with Gasteiger partial charge < -0.3 is 10.1 Å². The molecule has 0 aromatic heterocycles. The van der Waals surface area contributed by atoms with E-state index in [0.717, 1.165) is 16.3 Å². The fraction of sp³-hybridized carbons (Fsp3) is 0.381. The van der Waals surface area contributed by atoms with Gasteiger partial charge in [-0.15, -0.1) is 0 Å². The van der Waals surface area contributed by atoms with Gasteiger partial charge >= 0.3 is 0 Å². The van der Waals surface area contributed by atoms with E-state index < -0.39 is 10.0 Å². The summed E-state index contributed by atoms with van der Waals surface area (Å²) in [4.78, 5) is 12.3. The fourth-order valence-corrected chi connectivity index (χ4v) is 4.48. The van der Waals surface area contributed by atoms with Gasteiger partial charge in [0.15, 0.2) is 0 Å². The van der Waals surface area contributed by atoms with Crippen molar-refractivity contribution >= 4 is 33.4 Å². The number of amides is 1. The van der Waals surface area contributed by atoms with Gasteiger partial charge in [0.25, 0.3) is 0 Å². The molecule has 0 aliphatic carbocycles. The van der Waals surface area contributed by atoms with Gasteiger partial charge in [-0.3, -0.25) is 9.10 Å². The summed E-state index contributed by atoms with van der Waals surface area (Å²) in [5, 5.41) is 2.74. The van der Waals surface area contributed by atoms with Gasteiger partial charge in [0, 0.05) is 18.4 Å². The van der Waals surface area contributed by atoms with E-state index >= 15 is 0 Å². The topological polar surface area (TPSA) is 75.7 Å². The molecule has 2 rings (SSSR count). The first-order chi connectivity index (χ1) is 14.3. The molecule has 0 saturated heterocycles. The zero-order valence-corrected chi connectivity index (χ0v) is 18.8. The number of rotatable bonds is 12. The molecule has 0 fully saturated rings. The van der Waals surface area contributed by atoms with Crippen LogP contribution in [0.15, 0.2) is 48.5 Å². The number of nitrogens with one attached hydrogen (secondary N) is 1. The second-order valence-corrected chi connectivity index (χ2v) is 9.56. The molecule has 164 valence electrons. The summed E-state index contributed by atoms with van der Waals surface area (Å²) < 4.78 is 44.4. The third-order valence-corrected chi connectivity index (χ3v) is 6.34. The van der Waals surface area contributed by atoms with Crippen molar-refractivity contribution in [2.45, 2.75) is 19.1 Å². The number of carbonyl (C=O) groups excluding carboxylic acids is 1. The molecule has 0 radical (unpaired) electrons. The van der Waals surface area contributed by atoms with Gasteiger partial charge in [-0.05, 0) is 42.9 Å². The molecule has 0 atom stereocenters. The maximum Gasteiger partial charge on any atom is 0.240 e. The lowest BCUT2D eigenvalue weighted by atomic mass is 10.2. The first kappa shape index (κ1) is 24.0. The average Bonchev–Trinajstić information content (AvgIpc) is 2.69. The summed E-state index contributed by atoms with van der Waals surface area (Å²) in [5.41, 5.74) is 1.03. The summed E-state index contributed by atoms with van der Waals surface area (Å²) in [7, 11) is -3.64. The monoisotopic (exact) mass is 454 g/mol. The smallest absolute Gasteiger partial charge is 0.240 e. The summed E-state index contributed by atoms with van der Waals surface area (Å²) in [6.07, 6.45) is 1.76. The van der Waals surface area contributed by atoms with E-state index in [-0.39, 0.29) is 18.3 Å². The number of hydrogen-bond acceptors (Lipinski definition) is 5. The third-order valence-electron chi connectivity index (χ3n) is 4.11. The van der Waals surface area contributed by atoms with Crippen molar-refractivity contribution in [1.29, 1.82) is 0 Å². The lowest BCUT2D eigenvalue weighted by Crippen LogP contribution is -2.40. The number of hydrogen-bond donors (Lipinski definition) is 1. The Labute approximate surface area is 181 Å². The van der Waals surface area contributed by atoms with Crippen molar-refractivity contribution in [3.63, 3.8) is 0 Å². The Kier molecular flexibility index (Phi) is 9.45. The van der Waals surface area contributed by atoms with Gasteiger partial charge in [-0.25, -0.2) is 12.8 Å². The Balaban J connectivity index is 1.81. The van der Waals surface area contributed by atoms with Gasteiger partial charge in [0.2, 0.25) is 15.9 Å². The van der Waals surface area contributed by atoms with E-state index in [9.17, 15) is 17.6 Å². The Morgan fingerprint density at radius 2 is 1.97 bits per heavy atom.